The number of amides is 1. The van der Waals surface area contributed by atoms with Crippen molar-refractivity contribution in [2.45, 2.75) is 13.3 Å². The summed E-state index contributed by atoms with van der Waals surface area (Å²) in [5, 5.41) is 2.83. The summed E-state index contributed by atoms with van der Waals surface area (Å²) in [5.74, 6) is -0.184. The highest BCUT2D eigenvalue weighted by atomic mass is 16.1. The molecule has 0 aliphatic rings. The highest BCUT2D eigenvalue weighted by Crippen LogP contribution is 2.23. The Balaban J connectivity index is 1.82. The van der Waals surface area contributed by atoms with Gasteiger partial charge in [-0.05, 0) is 42.3 Å². The third-order valence-electron chi connectivity index (χ3n) is 3.90. The first kappa shape index (κ1) is 15.7. The first-order valence-electron chi connectivity index (χ1n) is 7.89. The molecule has 0 radical (unpaired) electrons. The molecule has 0 bridgehead atoms. The van der Waals surface area contributed by atoms with Gasteiger partial charge in [0.15, 0.2) is 0 Å². The molecule has 0 fully saturated rings. The van der Waals surface area contributed by atoms with Crippen LogP contribution in [0.5, 0.6) is 0 Å². The van der Waals surface area contributed by atoms with Crippen LogP contribution in [0, 0.1) is 0 Å². The first-order chi connectivity index (χ1) is 11.7. The van der Waals surface area contributed by atoms with Crippen molar-refractivity contribution in [1.29, 1.82) is 0 Å². The zero-order chi connectivity index (χ0) is 16.9. The molecule has 2 aromatic carbocycles. The van der Waals surface area contributed by atoms with E-state index < -0.39 is 0 Å². The van der Waals surface area contributed by atoms with Crippen molar-refractivity contribution in [1.82, 2.24) is 4.98 Å². The quantitative estimate of drug-likeness (QED) is 0.710. The Hall–Kier alpha value is -3.14. The normalized spacial score (nSPS) is 10.4. The maximum Gasteiger partial charge on any atom is 0.255 e. The summed E-state index contributed by atoms with van der Waals surface area (Å²) < 4.78 is 0. The fourth-order valence-corrected chi connectivity index (χ4v) is 2.57. The number of aryl methyl sites for hydroxylation is 1. The number of anilines is 2. The molecule has 3 N–H and O–H groups in total. The van der Waals surface area contributed by atoms with E-state index in [1.807, 2.05) is 30.3 Å². The molecule has 0 saturated heterocycles. The molecular weight excluding hydrogens is 298 g/mol. The van der Waals surface area contributed by atoms with E-state index in [1.165, 1.54) is 5.56 Å². The Morgan fingerprint density at radius 1 is 1.04 bits per heavy atom. The maximum absolute atomic E-state index is 12.4. The number of pyridine rings is 1. The molecule has 0 spiro atoms. The lowest BCUT2D eigenvalue weighted by Gasteiger charge is -2.09. The van der Waals surface area contributed by atoms with Gasteiger partial charge in [0, 0.05) is 17.3 Å². The number of nitrogens with zero attached hydrogens (tertiary/aromatic N) is 1. The molecule has 3 rings (SSSR count). The van der Waals surface area contributed by atoms with Gasteiger partial charge in [-0.3, -0.25) is 9.78 Å². The van der Waals surface area contributed by atoms with Crippen LogP contribution in [0.4, 0.5) is 11.4 Å². The van der Waals surface area contributed by atoms with Crippen molar-refractivity contribution in [2.24, 2.45) is 0 Å². The van der Waals surface area contributed by atoms with Gasteiger partial charge in [0.05, 0.1) is 17.1 Å². The largest absolute Gasteiger partial charge is 0.397 e. The van der Waals surface area contributed by atoms with Gasteiger partial charge >= 0.3 is 0 Å². The first-order valence-corrected chi connectivity index (χ1v) is 7.89. The second-order valence-electron chi connectivity index (χ2n) is 5.48. The van der Waals surface area contributed by atoms with Gasteiger partial charge in [-0.15, -0.1) is 0 Å². The monoisotopic (exact) mass is 317 g/mol. The second-order valence-corrected chi connectivity index (χ2v) is 5.48. The van der Waals surface area contributed by atoms with E-state index >= 15 is 0 Å². The van der Waals surface area contributed by atoms with Gasteiger partial charge in [-0.2, -0.15) is 0 Å². The van der Waals surface area contributed by atoms with Crippen LogP contribution in [-0.4, -0.2) is 10.9 Å². The molecule has 0 atom stereocenters. The average Bonchev–Trinajstić information content (AvgIpc) is 2.63. The molecule has 120 valence electrons. The van der Waals surface area contributed by atoms with Crippen LogP contribution in [0.15, 0.2) is 66.9 Å². The fraction of sp³-hybridized carbons (Fsp3) is 0.100. The highest BCUT2D eigenvalue weighted by Gasteiger charge is 2.09. The number of nitrogens with one attached hydrogen (secondary N) is 1. The second kappa shape index (κ2) is 6.96. The molecule has 4 heteroatoms. The number of hydrogen-bond acceptors (Lipinski definition) is 3. The lowest BCUT2D eigenvalue weighted by molar-refractivity contribution is 0.102. The van der Waals surface area contributed by atoms with Crippen LogP contribution in [0.25, 0.3) is 11.3 Å². The molecule has 24 heavy (non-hydrogen) atoms. The minimum absolute atomic E-state index is 0.184. The Bertz CT molecular complexity index is 857. The number of benzene rings is 2. The number of rotatable bonds is 4. The van der Waals surface area contributed by atoms with E-state index in [1.54, 1.807) is 30.5 Å². The predicted octanol–water partition coefficient (Wildman–Crippen LogP) is 4.15. The van der Waals surface area contributed by atoms with E-state index in [4.69, 9.17) is 5.73 Å². The van der Waals surface area contributed by atoms with Crippen LogP contribution in [0.1, 0.15) is 22.8 Å². The lowest BCUT2D eigenvalue weighted by atomic mass is 10.0. The lowest BCUT2D eigenvalue weighted by Crippen LogP contribution is -2.13. The van der Waals surface area contributed by atoms with Crippen molar-refractivity contribution >= 4 is 17.3 Å². The number of carbonyl (C=O) groups is 1. The summed E-state index contributed by atoms with van der Waals surface area (Å²) in [7, 11) is 0. The Kier molecular flexibility index (Phi) is 4.57. The van der Waals surface area contributed by atoms with Crippen LogP contribution in [-0.2, 0) is 6.42 Å². The fourth-order valence-electron chi connectivity index (χ4n) is 2.57. The number of para-hydroxylation sites is 2. The molecule has 1 amide bonds. The number of hydrogen-bond donors (Lipinski definition) is 2. The Morgan fingerprint density at radius 3 is 2.50 bits per heavy atom. The molecule has 1 aromatic heterocycles. The summed E-state index contributed by atoms with van der Waals surface area (Å²) in [5.41, 5.74) is 10.7. The summed E-state index contributed by atoms with van der Waals surface area (Å²) in [6, 6.07) is 18.7. The Morgan fingerprint density at radius 2 is 1.79 bits per heavy atom. The molecule has 3 aromatic rings. The third kappa shape index (κ3) is 3.27. The Labute approximate surface area is 141 Å². The summed E-state index contributed by atoms with van der Waals surface area (Å²) >= 11 is 0. The molecule has 0 aliphatic heterocycles. The number of aromatic nitrogens is 1. The molecule has 0 unspecified atom stereocenters. The topological polar surface area (TPSA) is 68.0 Å². The summed E-state index contributed by atoms with van der Waals surface area (Å²) in [6.07, 6.45) is 2.70. The van der Waals surface area contributed by atoms with Gasteiger partial charge in [-0.25, -0.2) is 0 Å². The minimum atomic E-state index is -0.184. The predicted molar refractivity (Wildman–Crippen MR) is 97.9 cm³/mol. The van der Waals surface area contributed by atoms with Crippen molar-refractivity contribution in [3.05, 3.63) is 78.0 Å². The van der Waals surface area contributed by atoms with Crippen LogP contribution >= 0.6 is 0 Å². The van der Waals surface area contributed by atoms with Crippen molar-refractivity contribution in [3.8, 4) is 11.3 Å². The molecule has 4 nitrogen and oxygen atoms in total. The summed E-state index contributed by atoms with van der Waals surface area (Å²) in [6.45, 7) is 2.10. The average molecular weight is 317 g/mol. The SMILES string of the molecule is CCc1cccnc1-c1ccc(C(=O)Nc2ccccc2N)cc1. The smallest absolute Gasteiger partial charge is 0.255 e. The highest BCUT2D eigenvalue weighted by molar-refractivity contribution is 6.05. The number of carbonyl (C=O) groups excluding carboxylic acids is 1. The maximum atomic E-state index is 12.4. The van der Waals surface area contributed by atoms with Crippen LogP contribution in [0.3, 0.4) is 0 Å². The van der Waals surface area contributed by atoms with Crippen molar-refractivity contribution in [2.75, 3.05) is 11.1 Å². The molecular formula is C20H19N3O. The van der Waals surface area contributed by atoms with Gasteiger partial charge < -0.3 is 11.1 Å². The summed E-state index contributed by atoms with van der Waals surface area (Å²) in [4.78, 5) is 16.8. The van der Waals surface area contributed by atoms with Crippen LogP contribution < -0.4 is 11.1 Å². The van der Waals surface area contributed by atoms with Gasteiger partial charge in [0.2, 0.25) is 0 Å². The van der Waals surface area contributed by atoms with Crippen molar-refractivity contribution < 1.29 is 4.79 Å². The van der Waals surface area contributed by atoms with Crippen molar-refractivity contribution in [3.63, 3.8) is 0 Å². The zero-order valence-electron chi connectivity index (χ0n) is 13.5. The van der Waals surface area contributed by atoms with Gasteiger partial charge in [0.25, 0.3) is 5.91 Å². The number of nitrogens with two attached hydrogens (primary N) is 1. The molecule has 0 saturated carbocycles. The minimum Gasteiger partial charge on any atom is -0.397 e. The van der Waals surface area contributed by atoms with E-state index in [9.17, 15) is 4.79 Å². The van der Waals surface area contributed by atoms with Gasteiger partial charge in [0.1, 0.15) is 0 Å². The standard InChI is InChI=1S/C20H19N3O/c1-2-14-6-5-13-22-19(14)15-9-11-16(12-10-15)20(24)23-18-8-4-3-7-17(18)21/h3-13H,2,21H2,1H3,(H,23,24). The molecule has 0 aliphatic carbocycles. The zero-order valence-corrected chi connectivity index (χ0v) is 13.5. The van der Waals surface area contributed by atoms with E-state index in [0.717, 1.165) is 17.7 Å². The van der Waals surface area contributed by atoms with E-state index in [2.05, 4.69) is 23.3 Å². The van der Waals surface area contributed by atoms with Gasteiger partial charge in [-0.1, -0.05) is 37.3 Å². The third-order valence-corrected chi connectivity index (χ3v) is 3.90. The van der Waals surface area contributed by atoms with Crippen LogP contribution in [0.2, 0.25) is 0 Å². The molecule has 1 heterocycles. The van der Waals surface area contributed by atoms with E-state index in [-0.39, 0.29) is 5.91 Å². The van der Waals surface area contributed by atoms with E-state index in [0.29, 0.717) is 16.9 Å². The number of nitrogen functional groups attached to an aromatic ring is 1.